The van der Waals surface area contributed by atoms with E-state index in [4.69, 9.17) is 4.74 Å². The van der Waals surface area contributed by atoms with Crippen molar-refractivity contribution in [1.82, 2.24) is 20.5 Å². The van der Waals surface area contributed by atoms with Crippen molar-refractivity contribution in [3.63, 3.8) is 0 Å². The summed E-state index contributed by atoms with van der Waals surface area (Å²) < 4.78 is 5.02. The minimum atomic E-state index is -0.0367. The maximum atomic E-state index is 11.6. The molecule has 0 saturated heterocycles. The molecule has 0 aromatic carbocycles. The number of carbonyl (C=O) groups excluding carboxylic acids is 1. The van der Waals surface area contributed by atoms with Gasteiger partial charge in [0.1, 0.15) is 6.54 Å². The van der Waals surface area contributed by atoms with Gasteiger partial charge in [0.2, 0.25) is 5.91 Å². The van der Waals surface area contributed by atoms with Gasteiger partial charge in [0.15, 0.2) is 5.96 Å². The number of carbonyl (C=O) groups is 1. The molecule has 0 bridgehead atoms. The van der Waals surface area contributed by atoms with Gasteiger partial charge >= 0.3 is 0 Å². The molecule has 1 amide bonds. The molecule has 0 unspecified atom stereocenters. The highest BCUT2D eigenvalue weighted by Crippen LogP contribution is 2.13. The van der Waals surface area contributed by atoms with E-state index in [0.29, 0.717) is 25.7 Å². The average molecular weight is 469 g/mol. The van der Waals surface area contributed by atoms with Gasteiger partial charge < -0.3 is 20.3 Å². The van der Waals surface area contributed by atoms with Gasteiger partial charge in [-0.25, -0.2) is 9.98 Å². The van der Waals surface area contributed by atoms with Crippen LogP contribution in [-0.2, 0) is 22.4 Å². The van der Waals surface area contributed by atoms with Crippen LogP contribution in [0.5, 0.6) is 0 Å². The summed E-state index contributed by atoms with van der Waals surface area (Å²) in [4.78, 5) is 23.2. The zero-order chi connectivity index (χ0) is 17.1. The monoisotopic (exact) mass is 469 g/mol. The molecule has 0 spiro atoms. The Bertz CT molecular complexity index is 508. The lowest BCUT2D eigenvalue weighted by Gasteiger charge is -2.13. The Morgan fingerprint density at radius 3 is 2.67 bits per heavy atom. The van der Waals surface area contributed by atoms with E-state index < -0.39 is 0 Å². The summed E-state index contributed by atoms with van der Waals surface area (Å²) in [6.45, 7) is 4.17. The van der Waals surface area contributed by atoms with Gasteiger partial charge in [0, 0.05) is 51.8 Å². The van der Waals surface area contributed by atoms with E-state index in [9.17, 15) is 4.79 Å². The summed E-state index contributed by atoms with van der Waals surface area (Å²) in [5.74, 6) is 0.579. The Morgan fingerprint density at radius 1 is 1.38 bits per heavy atom. The number of hydrogen-bond donors (Lipinski definition) is 2. The third-order valence-corrected chi connectivity index (χ3v) is 4.25. The number of aliphatic imine (C=N–C) groups is 1. The standard InChI is InChI=1S/C15H27N5O2S.HI/c1-5-12-10-18-13(23-12)6-7-16-15(17-8-9-22-4)19-11-14(21)20(2)3;/h10H,5-9,11H2,1-4H3,(H2,16,17,19);1H. The summed E-state index contributed by atoms with van der Waals surface area (Å²) in [6, 6.07) is 0. The predicted octanol–water partition coefficient (Wildman–Crippen LogP) is 1.14. The highest BCUT2D eigenvalue weighted by Gasteiger charge is 2.05. The summed E-state index contributed by atoms with van der Waals surface area (Å²) in [5, 5.41) is 7.48. The number of aromatic nitrogens is 1. The molecule has 1 rings (SSSR count). The molecule has 2 N–H and O–H groups in total. The minimum absolute atomic E-state index is 0. The number of halogens is 1. The van der Waals surface area contributed by atoms with Crippen molar-refractivity contribution in [2.24, 2.45) is 4.99 Å². The highest BCUT2D eigenvalue weighted by atomic mass is 127. The number of rotatable bonds is 9. The Kier molecular flexibility index (Phi) is 12.8. The van der Waals surface area contributed by atoms with Crippen LogP contribution in [0.3, 0.4) is 0 Å². The van der Waals surface area contributed by atoms with Crippen molar-refractivity contribution < 1.29 is 9.53 Å². The van der Waals surface area contributed by atoms with E-state index in [-0.39, 0.29) is 36.4 Å². The lowest BCUT2D eigenvalue weighted by atomic mass is 10.4. The van der Waals surface area contributed by atoms with Crippen LogP contribution < -0.4 is 10.6 Å². The van der Waals surface area contributed by atoms with Gasteiger partial charge in [-0.1, -0.05) is 6.92 Å². The van der Waals surface area contributed by atoms with Gasteiger partial charge in [0.25, 0.3) is 0 Å². The van der Waals surface area contributed by atoms with Crippen molar-refractivity contribution in [3.8, 4) is 0 Å². The molecule has 0 saturated carbocycles. The zero-order valence-electron chi connectivity index (χ0n) is 14.8. The fraction of sp³-hybridized carbons (Fsp3) is 0.667. The maximum absolute atomic E-state index is 11.6. The summed E-state index contributed by atoms with van der Waals surface area (Å²) in [6.07, 6.45) is 3.78. The molecule has 1 aromatic rings. The molecular weight excluding hydrogens is 441 g/mol. The minimum Gasteiger partial charge on any atom is -0.383 e. The number of guanidine groups is 1. The number of aryl methyl sites for hydroxylation is 1. The Morgan fingerprint density at radius 2 is 2.08 bits per heavy atom. The Labute approximate surface area is 165 Å². The van der Waals surface area contributed by atoms with Gasteiger partial charge in [-0.3, -0.25) is 4.79 Å². The van der Waals surface area contributed by atoms with Crippen molar-refractivity contribution >= 4 is 47.2 Å². The fourth-order valence-corrected chi connectivity index (χ4v) is 2.51. The molecule has 1 aromatic heterocycles. The average Bonchev–Trinajstić information content (AvgIpc) is 2.99. The third kappa shape index (κ3) is 9.38. The first-order chi connectivity index (χ1) is 11.1. The lowest BCUT2D eigenvalue weighted by Crippen LogP contribution is -2.40. The van der Waals surface area contributed by atoms with Crippen molar-refractivity contribution in [1.29, 1.82) is 0 Å². The number of nitrogens with one attached hydrogen (secondary N) is 2. The number of ether oxygens (including phenoxy) is 1. The van der Waals surface area contributed by atoms with Crippen LogP contribution in [0, 0.1) is 0 Å². The smallest absolute Gasteiger partial charge is 0.243 e. The van der Waals surface area contributed by atoms with E-state index in [1.807, 2.05) is 6.20 Å². The highest BCUT2D eigenvalue weighted by molar-refractivity contribution is 14.0. The van der Waals surface area contributed by atoms with E-state index in [1.165, 1.54) is 9.78 Å². The van der Waals surface area contributed by atoms with Crippen LogP contribution in [-0.4, -0.2) is 69.2 Å². The zero-order valence-corrected chi connectivity index (χ0v) is 17.9. The number of hydrogen-bond acceptors (Lipinski definition) is 5. The largest absolute Gasteiger partial charge is 0.383 e. The number of likely N-dealkylation sites (N-methyl/N-ethyl adjacent to an activating group) is 1. The molecule has 0 radical (unpaired) electrons. The molecule has 0 fully saturated rings. The molecule has 7 nitrogen and oxygen atoms in total. The second-order valence-corrected chi connectivity index (χ2v) is 6.32. The van der Waals surface area contributed by atoms with Crippen LogP contribution in [0.25, 0.3) is 0 Å². The van der Waals surface area contributed by atoms with E-state index in [0.717, 1.165) is 17.8 Å². The lowest BCUT2D eigenvalue weighted by molar-refractivity contribution is -0.127. The SMILES string of the molecule is CCc1cnc(CCNC(=NCC(=O)N(C)C)NCCOC)s1.I. The summed E-state index contributed by atoms with van der Waals surface area (Å²) in [7, 11) is 5.09. The second-order valence-electron chi connectivity index (χ2n) is 5.12. The first kappa shape index (κ1) is 23.1. The fourth-order valence-electron chi connectivity index (χ4n) is 1.65. The molecule has 138 valence electrons. The number of methoxy groups -OCH3 is 1. The van der Waals surface area contributed by atoms with E-state index in [2.05, 4.69) is 27.5 Å². The van der Waals surface area contributed by atoms with Gasteiger partial charge in [-0.05, 0) is 6.42 Å². The molecule has 9 heteroatoms. The van der Waals surface area contributed by atoms with E-state index in [1.54, 1.807) is 32.5 Å². The predicted molar refractivity (Wildman–Crippen MR) is 109 cm³/mol. The molecule has 0 aliphatic heterocycles. The first-order valence-electron chi connectivity index (χ1n) is 7.71. The van der Waals surface area contributed by atoms with Gasteiger partial charge in [-0.2, -0.15) is 0 Å². The van der Waals surface area contributed by atoms with Crippen LogP contribution in [0.4, 0.5) is 0 Å². The second kappa shape index (κ2) is 13.4. The first-order valence-corrected chi connectivity index (χ1v) is 8.53. The van der Waals surface area contributed by atoms with Crippen LogP contribution in [0.2, 0.25) is 0 Å². The molecule has 0 atom stereocenters. The van der Waals surface area contributed by atoms with Crippen LogP contribution >= 0.6 is 35.3 Å². The number of amides is 1. The Balaban J connectivity index is 0.00000529. The summed E-state index contributed by atoms with van der Waals surface area (Å²) >= 11 is 1.74. The molecular formula is C15H28IN5O2S. The summed E-state index contributed by atoms with van der Waals surface area (Å²) in [5.41, 5.74) is 0. The normalized spacial score (nSPS) is 10.9. The van der Waals surface area contributed by atoms with Crippen molar-refractivity contribution in [2.45, 2.75) is 19.8 Å². The topological polar surface area (TPSA) is 78.9 Å². The third-order valence-electron chi connectivity index (χ3n) is 3.05. The Hall–Kier alpha value is -0.940. The molecule has 0 aliphatic carbocycles. The van der Waals surface area contributed by atoms with Gasteiger partial charge in [0.05, 0.1) is 11.6 Å². The molecule has 24 heavy (non-hydrogen) atoms. The van der Waals surface area contributed by atoms with Crippen molar-refractivity contribution in [2.75, 3.05) is 47.4 Å². The van der Waals surface area contributed by atoms with Crippen molar-refractivity contribution in [3.05, 3.63) is 16.1 Å². The molecule has 0 aliphatic rings. The van der Waals surface area contributed by atoms with Crippen LogP contribution in [0.1, 0.15) is 16.8 Å². The molecule has 1 heterocycles. The number of thiazole rings is 1. The quantitative estimate of drug-likeness (QED) is 0.246. The number of nitrogens with zero attached hydrogens (tertiary/aromatic N) is 3. The van der Waals surface area contributed by atoms with Crippen LogP contribution in [0.15, 0.2) is 11.2 Å². The van der Waals surface area contributed by atoms with E-state index >= 15 is 0 Å². The maximum Gasteiger partial charge on any atom is 0.243 e. The van der Waals surface area contributed by atoms with Gasteiger partial charge in [-0.15, -0.1) is 35.3 Å².